The molecule has 2 rings (SSSR count). The minimum atomic E-state index is -3.87. The average Bonchev–Trinajstić information content (AvgIpc) is 2.65. The zero-order valence-electron chi connectivity index (χ0n) is 16.0. The van der Waals surface area contributed by atoms with Crippen molar-refractivity contribution in [2.75, 3.05) is 30.3 Å². The predicted octanol–water partition coefficient (Wildman–Crippen LogP) is 1.76. The molecule has 29 heavy (non-hydrogen) atoms. The SMILES string of the molecule is COCCCNS(=O)(=O)c1ccc(NS(=O)(=O)c2ccc(NC(C)=O)cc2)cc1. The Kier molecular flexibility index (Phi) is 7.73. The molecule has 0 radical (unpaired) electrons. The van der Waals surface area contributed by atoms with E-state index in [1.165, 1.54) is 62.6 Å². The third-order valence-corrected chi connectivity index (χ3v) is 6.59. The van der Waals surface area contributed by atoms with Gasteiger partial charge in [0.15, 0.2) is 0 Å². The molecule has 0 saturated carbocycles. The summed E-state index contributed by atoms with van der Waals surface area (Å²) in [5.41, 5.74) is 0.693. The zero-order chi connectivity index (χ0) is 21.5. The number of rotatable bonds is 10. The standard InChI is InChI=1S/C18H23N3O6S2/c1-14(22)20-15-4-8-18(9-5-15)29(25,26)21-16-6-10-17(11-7-16)28(23,24)19-12-3-13-27-2/h4-11,19,21H,3,12-13H2,1-2H3,(H,20,22). The predicted molar refractivity (Wildman–Crippen MR) is 110 cm³/mol. The monoisotopic (exact) mass is 441 g/mol. The maximum atomic E-state index is 12.5. The number of hydrogen-bond acceptors (Lipinski definition) is 6. The van der Waals surface area contributed by atoms with Gasteiger partial charge < -0.3 is 10.1 Å². The Morgan fingerprint density at radius 3 is 1.90 bits per heavy atom. The van der Waals surface area contributed by atoms with Crippen LogP contribution < -0.4 is 14.8 Å². The van der Waals surface area contributed by atoms with Crippen molar-refractivity contribution < 1.29 is 26.4 Å². The summed E-state index contributed by atoms with van der Waals surface area (Å²) < 4.78 is 59.1. The second-order valence-corrected chi connectivity index (χ2v) is 9.53. The Hall–Kier alpha value is -2.47. The molecule has 0 aliphatic rings. The number of sulfonamides is 2. The van der Waals surface area contributed by atoms with Gasteiger partial charge in [0.1, 0.15) is 0 Å². The smallest absolute Gasteiger partial charge is 0.261 e. The fourth-order valence-corrected chi connectivity index (χ4v) is 4.48. The van der Waals surface area contributed by atoms with Crippen molar-refractivity contribution >= 4 is 37.3 Å². The molecule has 3 N–H and O–H groups in total. The second kappa shape index (κ2) is 9.83. The zero-order valence-corrected chi connectivity index (χ0v) is 17.6. The van der Waals surface area contributed by atoms with Gasteiger partial charge in [-0.1, -0.05) is 0 Å². The quantitative estimate of drug-likeness (QED) is 0.482. The van der Waals surface area contributed by atoms with Crippen LogP contribution in [0.5, 0.6) is 0 Å². The summed E-state index contributed by atoms with van der Waals surface area (Å²) in [5.74, 6) is -0.262. The maximum absolute atomic E-state index is 12.5. The van der Waals surface area contributed by atoms with Crippen LogP contribution in [0.25, 0.3) is 0 Å². The topological polar surface area (TPSA) is 131 Å². The molecule has 2 aromatic rings. The molecule has 0 fully saturated rings. The number of carbonyl (C=O) groups excluding carboxylic acids is 1. The Labute approximate surface area is 170 Å². The van der Waals surface area contributed by atoms with Gasteiger partial charge in [-0.15, -0.1) is 0 Å². The molecule has 11 heteroatoms. The van der Waals surface area contributed by atoms with E-state index in [0.29, 0.717) is 18.7 Å². The number of ether oxygens (including phenoxy) is 1. The van der Waals surface area contributed by atoms with Crippen molar-refractivity contribution in [2.45, 2.75) is 23.1 Å². The lowest BCUT2D eigenvalue weighted by molar-refractivity contribution is -0.114. The van der Waals surface area contributed by atoms with Gasteiger partial charge in [0, 0.05) is 38.6 Å². The van der Waals surface area contributed by atoms with Crippen molar-refractivity contribution in [1.82, 2.24) is 4.72 Å². The summed E-state index contributed by atoms with van der Waals surface area (Å²) in [4.78, 5) is 11.1. The van der Waals surface area contributed by atoms with Crippen LogP contribution in [0.4, 0.5) is 11.4 Å². The fourth-order valence-electron chi connectivity index (χ4n) is 2.34. The summed E-state index contributed by atoms with van der Waals surface area (Å²) >= 11 is 0. The second-order valence-electron chi connectivity index (χ2n) is 6.08. The highest BCUT2D eigenvalue weighted by atomic mass is 32.2. The maximum Gasteiger partial charge on any atom is 0.261 e. The summed E-state index contributed by atoms with van der Waals surface area (Å²) in [5, 5.41) is 2.55. The van der Waals surface area contributed by atoms with Crippen molar-refractivity contribution in [3.8, 4) is 0 Å². The van der Waals surface area contributed by atoms with Crippen LogP contribution >= 0.6 is 0 Å². The molecule has 158 valence electrons. The minimum absolute atomic E-state index is 0.00288. The van der Waals surface area contributed by atoms with Gasteiger partial charge in [-0.3, -0.25) is 9.52 Å². The normalized spacial score (nSPS) is 11.8. The number of methoxy groups -OCH3 is 1. The Morgan fingerprint density at radius 2 is 1.38 bits per heavy atom. The number of nitrogens with one attached hydrogen (secondary N) is 3. The van der Waals surface area contributed by atoms with Crippen molar-refractivity contribution in [3.05, 3.63) is 48.5 Å². The van der Waals surface area contributed by atoms with Gasteiger partial charge in [0.2, 0.25) is 15.9 Å². The van der Waals surface area contributed by atoms with Crippen molar-refractivity contribution in [1.29, 1.82) is 0 Å². The van der Waals surface area contributed by atoms with E-state index in [4.69, 9.17) is 4.74 Å². The highest BCUT2D eigenvalue weighted by Crippen LogP contribution is 2.20. The van der Waals surface area contributed by atoms with Gasteiger partial charge in [-0.25, -0.2) is 21.6 Å². The molecule has 0 aliphatic heterocycles. The van der Waals surface area contributed by atoms with E-state index in [-0.39, 0.29) is 27.9 Å². The molecule has 1 amide bonds. The summed E-state index contributed by atoms with van der Waals surface area (Å²) in [6.45, 7) is 2.03. The first-order valence-electron chi connectivity index (χ1n) is 8.63. The third kappa shape index (κ3) is 6.82. The molecule has 0 unspecified atom stereocenters. The van der Waals surface area contributed by atoms with Crippen LogP contribution in [0.3, 0.4) is 0 Å². The van der Waals surface area contributed by atoms with Crippen LogP contribution in [0.1, 0.15) is 13.3 Å². The van der Waals surface area contributed by atoms with Gasteiger partial charge >= 0.3 is 0 Å². The van der Waals surface area contributed by atoms with Crippen LogP contribution in [-0.4, -0.2) is 43.0 Å². The lowest BCUT2D eigenvalue weighted by Gasteiger charge is -2.10. The van der Waals surface area contributed by atoms with Crippen molar-refractivity contribution in [2.24, 2.45) is 0 Å². The van der Waals surface area contributed by atoms with E-state index in [1.54, 1.807) is 0 Å². The van der Waals surface area contributed by atoms with Crippen LogP contribution in [-0.2, 0) is 29.6 Å². The number of hydrogen-bond donors (Lipinski definition) is 3. The molecule has 0 aliphatic carbocycles. The highest BCUT2D eigenvalue weighted by Gasteiger charge is 2.16. The molecule has 0 aromatic heterocycles. The molecule has 0 spiro atoms. The van der Waals surface area contributed by atoms with Gasteiger partial charge in [-0.2, -0.15) is 0 Å². The Balaban J connectivity index is 2.07. The first-order chi connectivity index (χ1) is 13.6. The summed E-state index contributed by atoms with van der Waals surface area (Å²) in [6, 6.07) is 11.0. The lowest BCUT2D eigenvalue weighted by Crippen LogP contribution is -2.25. The van der Waals surface area contributed by atoms with Crippen LogP contribution in [0.2, 0.25) is 0 Å². The lowest BCUT2D eigenvalue weighted by atomic mass is 10.3. The minimum Gasteiger partial charge on any atom is -0.385 e. The van der Waals surface area contributed by atoms with Crippen molar-refractivity contribution in [3.63, 3.8) is 0 Å². The molecule has 0 saturated heterocycles. The molecule has 0 bridgehead atoms. The van der Waals surface area contributed by atoms with E-state index in [0.717, 1.165) is 0 Å². The van der Waals surface area contributed by atoms with Gasteiger partial charge in [0.25, 0.3) is 10.0 Å². The first-order valence-corrected chi connectivity index (χ1v) is 11.6. The van der Waals surface area contributed by atoms with Crippen LogP contribution in [0.15, 0.2) is 58.3 Å². The third-order valence-electron chi connectivity index (χ3n) is 3.72. The average molecular weight is 442 g/mol. The van der Waals surface area contributed by atoms with E-state index in [9.17, 15) is 21.6 Å². The molecule has 0 atom stereocenters. The fraction of sp³-hybridized carbons (Fsp3) is 0.278. The van der Waals surface area contributed by atoms with E-state index >= 15 is 0 Å². The van der Waals surface area contributed by atoms with E-state index in [1.807, 2.05) is 0 Å². The largest absolute Gasteiger partial charge is 0.385 e. The molecule has 9 nitrogen and oxygen atoms in total. The Bertz CT molecular complexity index is 1030. The highest BCUT2D eigenvalue weighted by molar-refractivity contribution is 7.92. The molecule has 2 aromatic carbocycles. The van der Waals surface area contributed by atoms with Gasteiger partial charge in [0.05, 0.1) is 9.79 Å². The number of anilines is 2. The van der Waals surface area contributed by atoms with Gasteiger partial charge in [-0.05, 0) is 55.0 Å². The Morgan fingerprint density at radius 1 is 0.862 bits per heavy atom. The first kappa shape index (κ1) is 22.8. The van der Waals surface area contributed by atoms with Crippen LogP contribution in [0, 0.1) is 0 Å². The number of benzene rings is 2. The molecule has 0 heterocycles. The summed E-state index contributed by atoms with van der Waals surface area (Å²) in [7, 11) is -6.02. The van der Waals surface area contributed by atoms with E-state index in [2.05, 4.69) is 14.8 Å². The molecular formula is C18H23N3O6S2. The number of amides is 1. The molecular weight excluding hydrogens is 418 g/mol. The summed E-state index contributed by atoms with van der Waals surface area (Å²) in [6.07, 6.45) is 0.536. The number of carbonyl (C=O) groups is 1. The van der Waals surface area contributed by atoms with E-state index < -0.39 is 20.0 Å².